The predicted octanol–water partition coefficient (Wildman–Crippen LogP) is 6.57. The first-order chi connectivity index (χ1) is 18.8. The Hall–Kier alpha value is -3.92. The molecule has 200 valence electrons. The first kappa shape index (κ1) is 25.4. The molecular formula is C28H25ClF3N7. The summed E-state index contributed by atoms with van der Waals surface area (Å²) in [5.41, 5.74) is 7.61. The standard InChI is InChI=1S/C28H25ClF3N7/c1-3-16-6-5-7-17(4-2)25(16)39-26(20-10-19(29)11-23-24(20)36-15-35-23)21-14-38(9-8-22(21)37-39)27-33-12-18(13-34-27)28(30,31)32/h5-7,10-13,15H,3-4,8-9,14H2,1-2H3,(H,35,36). The summed E-state index contributed by atoms with van der Waals surface area (Å²) in [5.74, 6) is 0.242. The average Bonchev–Trinajstić information content (AvgIpc) is 3.55. The SMILES string of the molecule is CCc1cccc(CC)c1-n1nc2c(c1-c1cc(Cl)cc3[nH]cnc13)CN(c1ncc(C(F)(F)F)cn1)CC2. The van der Waals surface area contributed by atoms with Crippen LogP contribution in [-0.4, -0.2) is 36.3 Å². The van der Waals surface area contributed by atoms with Crippen LogP contribution in [0.15, 0.2) is 49.1 Å². The summed E-state index contributed by atoms with van der Waals surface area (Å²) in [5, 5.41) is 5.69. The number of aromatic nitrogens is 6. The summed E-state index contributed by atoms with van der Waals surface area (Å²) in [7, 11) is 0. The molecule has 39 heavy (non-hydrogen) atoms. The van der Waals surface area contributed by atoms with E-state index >= 15 is 0 Å². The van der Waals surface area contributed by atoms with Gasteiger partial charge in [-0.3, -0.25) is 0 Å². The summed E-state index contributed by atoms with van der Waals surface area (Å²) >= 11 is 6.57. The number of aromatic amines is 1. The number of fused-ring (bicyclic) bond motifs is 2. The minimum absolute atomic E-state index is 0.242. The van der Waals surface area contributed by atoms with Crippen LogP contribution in [0.4, 0.5) is 19.1 Å². The van der Waals surface area contributed by atoms with Crippen LogP contribution in [0.25, 0.3) is 28.0 Å². The van der Waals surface area contributed by atoms with E-state index in [-0.39, 0.29) is 5.95 Å². The fraction of sp³-hybridized carbons (Fsp3) is 0.286. The number of hydrogen-bond acceptors (Lipinski definition) is 5. The number of halogens is 4. The van der Waals surface area contributed by atoms with Crippen LogP contribution in [0.2, 0.25) is 5.02 Å². The highest BCUT2D eigenvalue weighted by Gasteiger charge is 2.33. The summed E-state index contributed by atoms with van der Waals surface area (Å²) in [6, 6.07) is 10.0. The van der Waals surface area contributed by atoms with Crippen molar-refractivity contribution in [1.82, 2.24) is 29.7 Å². The first-order valence-corrected chi connectivity index (χ1v) is 13.1. The van der Waals surface area contributed by atoms with Crippen LogP contribution in [0.1, 0.15) is 41.8 Å². The molecule has 4 heterocycles. The van der Waals surface area contributed by atoms with Gasteiger partial charge in [-0.25, -0.2) is 19.6 Å². The molecule has 0 spiro atoms. The molecule has 5 aromatic rings. The second-order valence-corrected chi connectivity index (χ2v) is 9.95. The Morgan fingerprint density at radius 3 is 2.41 bits per heavy atom. The quantitative estimate of drug-likeness (QED) is 0.267. The zero-order valence-electron chi connectivity index (χ0n) is 21.3. The van der Waals surface area contributed by atoms with Crippen LogP contribution >= 0.6 is 11.6 Å². The average molecular weight is 552 g/mol. The molecule has 1 N–H and O–H groups in total. The number of imidazole rings is 1. The van der Waals surface area contributed by atoms with Crippen LogP contribution in [0, 0.1) is 0 Å². The Labute approximate surface area is 227 Å². The molecule has 1 aliphatic heterocycles. The monoisotopic (exact) mass is 551 g/mol. The maximum absolute atomic E-state index is 13.1. The lowest BCUT2D eigenvalue weighted by Crippen LogP contribution is -2.31. The molecule has 0 saturated heterocycles. The number of benzene rings is 2. The number of nitrogens with one attached hydrogen (secondary N) is 1. The largest absolute Gasteiger partial charge is 0.419 e. The van der Waals surface area contributed by atoms with Gasteiger partial charge in [-0.05, 0) is 36.1 Å². The Bertz CT molecular complexity index is 1650. The van der Waals surface area contributed by atoms with Gasteiger partial charge in [-0.15, -0.1) is 0 Å². The van der Waals surface area contributed by atoms with Gasteiger partial charge in [-0.1, -0.05) is 43.6 Å². The lowest BCUT2D eigenvalue weighted by atomic mass is 9.98. The molecule has 0 fully saturated rings. The smallest absolute Gasteiger partial charge is 0.345 e. The Kier molecular flexibility index (Phi) is 6.29. The van der Waals surface area contributed by atoms with Crippen LogP contribution in [0.3, 0.4) is 0 Å². The predicted molar refractivity (Wildman–Crippen MR) is 144 cm³/mol. The van der Waals surface area contributed by atoms with Crippen LogP contribution in [-0.2, 0) is 32.0 Å². The normalized spacial score (nSPS) is 13.7. The number of nitrogens with zero attached hydrogens (tertiary/aromatic N) is 6. The van der Waals surface area contributed by atoms with E-state index in [0.29, 0.717) is 24.5 Å². The Balaban J connectivity index is 1.56. The second kappa shape index (κ2) is 9.68. The van der Waals surface area contributed by atoms with Gasteiger partial charge in [0, 0.05) is 48.1 Å². The van der Waals surface area contributed by atoms with Gasteiger partial charge in [0.25, 0.3) is 0 Å². The molecular weight excluding hydrogens is 527 g/mol. The van der Waals surface area contributed by atoms with Gasteiger partial charge in [-0.2, -0.15) is 18.3 Å². The van der Waals surface area contributed by atoms with Gasteiger partial charge >= 0.3 is 6.18 Å². The highest BCUT2D eigenvalue weighted by Crippen LogP contribution is 2.39. The van der Waals surface area contributed by atoms with Crippen molar-refractivity contribution in [3.63, 3.8) is 0 Å². The third-order valence-corrected chi connectivity index (χ3v) is 7.42. The van der Waals surface area contributed by atoms with E-state index < -0.39 is 11.7 Å². The third kappa shape index (κ3) is 4.42. The molecule has 0 saturated carbocycles. The number of anilines is 1. The minimum atomic E-state index is -4.49. The third-order valence-electron chi connectivity index (χ3n) is 7.20. The number of H-pyrrole nitrogens is 1. The van der Waals surface area contributed by atoms with E-state index in [1.807, 2.05) is 21.7 Å². The number of alkyl halides is 3. The van der Waals surface area contributed by atoms with Crippen molar-refractivity contribution < 1.29 is 13.2 Å². The lowest BCUT2D eigenvalue weighted by Gasteiger charge is -2.27. The topological polar surface area (TPSA) is 75.5 Å². The van der Waals surface area contributed by atoms with Crippen molar-refractivity contribution in [3.05, 3.63) is 82.0 Å². The van der Waals surface area contributed by atoms with E-state index in [9.17, 15) is 13.2 Å². The molecule has 0 aliphatic carbocycles. The summed E-state index contributed by atoms with van der Waals surface area (Å²) in [6.45, 7) is 5.15. The van der Waals surface area contributed by atoms with Crippen LogP contribution < -0.4 is 4.90 Å². The fourth-order valence-electron chi connectivity index (χ4n) is 5.30. The van der Waals surface area contributed by atoms with Crippen molar-refractivity contribution >= 4 is 28.6 Å². The van der Waals surface area contributed by atoms with Gasteiger partial charge in [0.05, 0.1) is 40.0 Å². The molecule has 0 bridgehead atoms. The van der Waals surface area contributed by atoms with Gasteiger partial charge in [0.1, 0.15) is 0 Å². The molecule has 11 heteroatoms. The fourth-order valence-corrected chi connectivity index (χ4v) is 5.51. The van der Waals surface area contributed by atoms with E-state index in [1.54, 1.807) is 6.33 Å². The Morgan fingerprint density at radius 2 is 1.74 bits per heavy atom. The summed E-state index contributed by atoms with van der Waals surface area (Å²) in [4.78, 5) is 17.7. The van der Waals surface area contributed by atoms with Crippen molar-refractivity contribution in [3.8, 4) is 16.9 Å². The van der Waals surface area contributed by atoms with Gasteiger partial charge in [0.15, 0.2) is 0 Å². The maximum Gasteiger partial charge on any atom is 0.419 e. The Morgan fingerprint density at radius 1 is 1.03 bits per heavy atom. The second-order valence-electron chi connectivity index (χ2n) is 9.51. The van der Waals surface area contributed by atoms with E-state index in [4.69, 9.17) is 16.7 Å². The maximum atomic E-state index is 13.1. The minimum Gasteiger partial charge on any atom is -0.345 e. The molecule has 3 aromatic heterocycles. The molecule has 0 radical (unpaired) electrons. The number of aryl methyl sites for hydroxylation is 2. The summed E-state index contributed by atoms with van der Waals surface area (Å²) < 4.78 is 41.3. The molecule has 7 nitrogen and oxygen atoms in total. The number of rotatable bonds is 5. The van der Waals surface area contributed by atoms with Crippen LogP contribution in [0.5, 0.6) is 0 Å². The van der Waals surface area contributed by atoms with Crippen molar-refractivity contribution in [2.45, 2.75) is 45.8 Å². The molecule has 0 atom stereocenters. The zero-order valence-corrected chi connectivity index (χ0v) is 22.1. The van der Waals surface area contributed by atoms with Gasteiger partial charge < -0.3 is 9.88 Å². The summed E-state index contributed by atoms with van der Waals surface area (Å²) in [6.07, 6.45) is 1.04. The molecule has 0 amide bonds. The van der Waals surface area contributed by atoms with E-state index in [1.165, 1.54) is 11.1 Å². The molecule has 2 aromatic carbocycles. The molecule has 1 aliphatic rings. The van der Waals surface area contributed by atoms with Crippen molar-refractivity contribution in [1.29, 1.82) is 0 Å². The number of para-hydroxylation sites is 1. The van der Waals surface area contributed by atoms with E-state index in [2.05, 4.69) is 52.0 Å². The number of hydrogen-bond donors (Lipinski definition) is 1. The highest BCUT2D eigenvalue weighted by molar-refractivity contribution is 6.31. The highest BCUT2D eigenvalue weighted by atomic mass is 35.5. The lowest BCUT2D eigenvalue weighted by molar-refractivity contribution is -0.138. The zero-order chi connectivity index (χ0) is 27.3. The first-order valence-electron chi connectivity index (χ1n) is 12.8. The van der Waals surface area contributed by atoms with Crippen molar-refractivity contribution in [2.75, 3.05) is 11.4 Å². The molecule has 6 rings (SSSR count). The molecule has 0 unspecified atom stereocenters. The van der Waals surface area contributed by atoms with Crippen molar-refractivity contribution in [2.24, 2.45) is 0 Å². The van der Waals surface area contributed by atoms with E-state index in [0.717, 1.165) is 64.5 Å². The van der Waals surface area contributed by atoms with Gasteiger partial charge in [0.2, 0.25) is 5.95 Å².